The number of benzene rings is 2. The minimum atomic E-state index is 0.168. The highest BCUT2D eigenvalue weighted by Gasteiger charge is 2.11. The zero-order valence-corrected chi connectivity index (χ0v) is 17.0. The Hall–Kier alpha value is -4.00. The summed E-state index contributed by atoms with van der Waals surface area (Å²) < 4.78 is 6.99. The Balaban J connectivity index is 1.81. The van der Waals surface area contributed by atoms with E-state index in [9.17, 15) is 0 Å². The number of pyridine rings is 1. The fraction of sp³-hybridized carbons (Fsp3) is 0.130. The van der Waals surface area contributed by atoms with Crippen molar-refractivity contribution in [1.82, 2.24) is 14.5 Å². The SMILES string of the molecule is COc1ncc(-c2ccc3ncc(=N)n(C(C)=N)c3c2)cc1Nc1ccc(C)cc1. The van der Waals surface area contributed by atoms with Gasteiger partial charge in [-0.1, -0.05) is 23.8 Å². The van der Waals surface area contributed by atoms with E-state index in [4.69, 9.17) is 15.6 Å². The number of hydrogen-bond acceptors (Lipinski definition) is 6. The maximum absolute atomic E-state index is 8.11. The van der Waals surface area contributed by atoms with Gasteiger partial charge in [-0.25, -0.2) is 4.98 Å². The van der Waals surface area contributed by atoms with Gasteiger partial charge in [0, 0.05) is 17.4 Å². The van der Waals surface area contributed by atoms with Crippen molar-refractivity contribution in [3.8, 4) is 17.0 Å². The third-order valence-corrected chi connectivity index (χ3v) is 4.83. The molecule has 150 valence electrons. The zero-order chi connectivity index (χ0) is 21.3. The molecule has 0 fully saturated rings. The second kappa shape index (κ2) is 7.79. The van der Waals surface area contributed by atoms with Crippen LogP contribution in [0.4, 0.5) is 11.4 Å². The monoisotopic (exact) mass is 398 g/mol. The number of nitrogens with one attached hydrogen (secondary N) is 3. The van der Waals surface area contributed by atoms with Crippen molar-refractivity contribution in [2.24, 2.45) is 0 Å². The highest BCUT2D eigenvalue weighted by molar-refractivity contribution is 5.91. The predicted molar refractivity (Wildman–Crippen MR) is 119 cm³/mol. The lowest BCUT2D eigenvalue weighted by atomic mass is 10.1. The molecule has 2 aromatic carbocycles. The molecular formula is C23H22N6O. The summed E-state index contributed by atoms with van der Waals surface area (Å²) in [4.78, 5) is 8.77. The van der Waals surface area contributed by atoms with Gasteiger partial charge in [0.15, 0.2) is 0 Å². The van der Waals surface area contributed by atoms with Gasteiger partial charge in [0.2, 0.25) is 5.88 Å². The molecule has 0 saturated heterocycles. The molecule has 0 amide bonds. The number of hydrogen-bond donors (Lipinski definition) is 3. The number of nitrogens with zero attached hydrogens (tertiary/aromatic N) is 3. The summed E-state index contributed by atoms with van der Waals surface area (Å²) in [7, 11) is 1.59. The van der Waals surface area contributed by atoms with Crippen LogP contribution in [0.3, 0.4) is 0 Å². The van der Waals surface area contributed by atoms with Crippen molar-refractivity contribution in [1.29, 1.82) is 10.8 Å². The van der Waals surface area contributed by atoms with E-state index in [0.29, 0.717) is 11.4 Å². The fourth-order valence-electron chi connectivity index (χ4n) is 3.33. The van der Waals surface area contributed by atoms with Gasteiger partial charge < -0.3 is 10.1 Å². The second-order valence-corrected chi connectivity index (χ2v) is 7.04. The number of ether oxygens (including phenoxy) is 1. The Kier molecular flexibility index (Phi) is 5.02. The maximum Gasteiger partial charge on any atom is 0.237 e. The van der Waals surface area contributed by atoms with Crippen LogP contribution in [-0.2, 0) is 0 Å². The van der Waals surface area contributed by atoms with E-state index >= 15 is 0 Å². The summed E-state index contributed by atoms with van der Waals surface area (Å²) in [6.07, 6.45) is 3.21. The molecule has 0 spiro atoms. The molecule has 2 heterocycles. The van der Waals surface area contributed by atoms with Gasteiger partial charge in [0.1, 0.15) is 17.0 Å². The molecule has 0 aliphatic rings. The lowest BCUT2D eigenvalue weighted by Crippen LogP contribution is -2.25. The normalized spacial score (nSPS) is 10.8. The van der Waals surface area contributed by atoms with Crippen molar-refractivity contribution in [3.05, 3.63) is 72.0 Å². The highest BCUT2D eigenvalue weighted by atomic mass is 16.5. The third-order valence-electron chi connectivity index (χ3n) is 4.83. The fourth-order valence-corrected chi connectivity index (χ4v) is 3.33. The average Bonchev–Trinajstić information content (AvgIpc) is 2.74. The Morgan fingerprint density at radius 1 is 1.00 bits per heavy atom. The van der Waals surface area contributed by atoms with Gasteiger partial charge in [0.25, 0.3) is 0 Å². The van der Waals surface area contributed by atoms with Crippen molar-refractivity contribution >= 4 is 28.2 Å². The Bertz CT molecular complexity index is 1310. The topological polar surface area (TPSA) is 99.7 Å². The number of anilines is 2. The summed E-state index contributed by atoms with van der Waals surface area (Å²) in [5.74, 6) is 0.764. The molecule has 0 atom stereocenters. The van der Waals surface area contributed by atoms with E-state index in [2.05, 4.69) is 15.3 Å². The van der Waals surface area contributed by atoms with E-state index in [1.807, 2.05) is 55.5 Å². The molecule has 4 aromatic rings. The van der Waals surface area contributed by atoms with Gasteiger partial charge in [-0.2, -0.15) is 0 Å². The van der Waals surface area contributed by atoms with Crippen LogP contribution in [0.5, 0.6) is 5.88 Å². The largest absolute Gasteiger partial charge is 0.480 e. The molecule has 0 aliphatic carbocycles. The van der Waals surface area contributed by atoms with Crippen molar-refractivity contribution < 1.29 is 4.74 Å². The minimum absolute atomic E-state index is 0.168. The molecule has 2 aromatic heterocycles. The number of rotatable bonds is 4. The van der Waals surface area contributed by atoms with Crippen LogP contribution in [-0.4, -0.2) is 27.5 Å². The standard InChI is InChI=1S/C23H22N6O/c1-14-4-7-18(8-5-14)28-20-10-17(12-27-23(20)30-3)16-6-9-19-21(11-16)29(15(2)24)22(25)13-26-19/h4-13,24-25,28H,1-3H3. The molecule has 0 unspecified atom stereocenters. The molecular weight excluding hydrogens is 376 g/mol. The van der Waals surface area contributed by atoms with Crippen LogP contribution < -0.4 is 15.5 Å². The quantitative estimate of drug-likeness (QED) is 0.348. The first kappa shape index (κ1) is 19.3. The van der Waals surface area contributed by atoms with Crippen molar-refractivity contribution in [2.45, 2.75) is 13.8 Å². The van der Waals surface area contributed by atoms with Crippen molar-refractivity contribution in [2.75, 3.05) is 12.4 Å². The predicted octanol–water partition coefficient (Wildman–Crippen LogP) is 4.48. The Labute approximate surface area is 174 Å². The lowest BCUT2D eigenvalue weighted by molar-refractivity contribution is 0.400. The van der Waals surface area contributed by atoms with Crippen LogP contribution >= 0.6 is 0 Å². The first-order valence-corrected chi connectivity index (χ1v) is 9.46. The highest BCUT2D eigenvalue weighted by Crippen LogP contribution is 2.31. The van der Waals surface area contributed by atoms with E-state index in [-0.39, 0.29) is 11.3 Å². The van der Waals surface area contributed by atoms with E-state index in [0.717, 1.165) is 28.0 Å². The maximum atomic E-state index is 8.11. The van der Waals surface area contributed by atoms with Crippen LogP contribution in [0.15, 0.2) is 60.9 Å². The first-order valence-electron chi connectivity index (χ1n) is 9.46. The molecule has 0 saturated carbocycles. The molecule has 0 radical (unpaired) electrons. The Morgan fingerprint density at radius 2 is 1.77 bits per heavy atom. The van der Waals surface area contributed by atoms with Crippen LogP contribution in [0, 0.1) is 17.7 Å². The molecule has 3 N–H and O–H groups in total. The van der Waals surface area contributed by atoms with Gasteiger partial charge in [-0.3, -0.25) is 20.4 Å². The number of fused-ring (bicyclic) bond motifs is 1. The zero-order valence-electron chi connectivity index (χ0n) is 17.0. The number of methoxy groups -OCH3 is 1. The summed E-state index contributed by atoms with van der Waals surface area (Å²) >= 11 is 0. The smallest absolute Gasteiger partial charge is 0.237 e. The van der Waals surface area contributed by atoms with Gasteiger partial charge in [-0.15, -0.1) is 0 Å². The lowest BCUT2D eigenvalue weighted by Gasteiger charge is -2.14. The van der Waals surface area contributed by atoms with Gasteiger partial charge >= 0.3 is 0 Å². The molecule has 7 heteroatoms. The molecule has 4 rings (SSSR count). The number of aromatic nitrogens is 3. The first-order chi connectivity index (χ1) is 14.5. The summed E-state index contributed by atoms with van der Waals surface area (Å²) in [5, 5.41) is 19.5. The average molecular weight is 398 g/mol. The van der Waals surface area contributed by atoms with Crippen LogP contribution in [0.2, 0.25) is 0 Å². The van der Waals surface area contributed by atoms with Crippen molar-refractivity contribution in [3.63, 3.8) is 0 Å². The molecule has 30 heavy (non-hydrogen) atoms. The van der Waals surface area contributed by atoms with Crippen LogP contribution in [0.25, 0.3) is 22.2 Å². The van der Waals surface area contributed by atoms with Gasteiger partial charge in [0.05, 0.1) is 24.3 Å². The summed E-state index contributed by atoms with van der Waals surface area (Å²) in [6, 6.07) is 15.9. The second-order valence-electron chi connectivity index (χ2n) is 7.04. The summed E-state index contributed by atoms with van der Waals surface area (Å²) in [6.45, 7) is 3.70. The molecule has 0 aliphatic heterocycles. The van der Waals surface area contributed by atoms with E-state index in [1.54, 1.807) is 24.8 Å². The minimum Gasteiger partial charge on any atom is -0.480 e. The van der Waals surface area contributed by atoms with E-state index in [1.165, 1.54) is 11.8 Å². The van der Waals surface area contributed by atoms with Gasteiger partial charge in [-0.05, 0) is 49.7 Å². The molecule has 0 bridgehead atoms. The molecule has 7 nitrogen and oxygen atoms in total. The Morgan fingerprint density at radius 3 is 2.47 bits per heavy atom. The summed E-state index contributed by atoms with van der Waals surface area (Å²) in [5.41, 5.74) is 6.27. The van der Waals surface area contributed by atoms with E-state index < -0.39 is 0 Å². The third kappa shape index (κ3) is 3.65. The van der Waals surface area contributed by atoms with Crippen LogP contribution in [0.1, 0.15) is 12.5 Å². The number of aryl methyl sites for hydroxylation is 1.